The number of rotatable bonds is 1. The average molecular weight is 246 g/mol. The summed E-state index contributed by atoms with van der Waals surface area (Å²) in [6.45, 7) is 0. The van der Waals surface area contributed by atoms with Crippen LogP contribution in [0.3, 0.4) is 0 Å². The summed E-state index contributed by atoms with van der Waals surface area (Å²) in [4.78, 5) is 18.8. The molecule has 3 rings (SSSR count). The lowest BCUT2D eigenvalue weighted by Gasteiger charge is -2.01. The monoisotopic (exact) mass is 245 g/mol. The van der Waals surface area contributed by atoms with Gasteiger partial charge in [0.15, 0.2) is 0 Å². The Labute approximate surface area is 101 Å². The third-order valence-corrected chi connectivity index (χ3v) is 2.76. The lowest BCUT2D eigenvalue weighted by molar-refractivity contribution is 0.966. The molecule has 0 aliphatic carbocycles. The zero-order valence-corrected chi connectivity index (χ0v) is 9.48. The maximum Gasteiger partial charge on any atom is 0.332 e. The zero-order chi connectivity index (χ0) is 11.8. The molecule has 1 aromatic carbocycles. The van der Waals surface area contributed by atoms with Gasteiger partial charge in [-0.1, -0.05) is 17.7 Å². The fourth-order valence-corrected chi connectivity index (χ4v) is 1.96. The van der Waals surface area contributed by atoms with E-state index >= 15 is 0 Å². The molecule has 0 atom stereocenters. The van der Waals surface area contributed by atoms with E-state index in [1.807, 2.05) is 6.07 Å². The summed E-state index contributed by atoms with van der Waals surface area (Å²) in [5.41, 5.74) is 1.24. The molecule has 84 valence electrons. The molecule has 4 nitrogen and oxygen atoms in total. The minimum Gasteiger partial charge on any atom is -0.305 e. The van der Waals surface area contributed by atoms with Crippen LogP contribution in [0.1, 0.15) is 0 Å². The smallest absolute Gasteiger partial charge is 0.305 e. The highest BCUT2D eigenvalue weighted by Gasteiger charge is 2.09. The number of H-pyrrole nitrogens is 1. The average Bonchev–Trinajstić information content (AvgIpc) is 2.65. The maximum atomic E-state index is 11.9. The van der Waals surface area contributed by atoms with Crippen LogP contribution in [0.25, 0.3) is 16.9 Å². The first-order valence-electron chi connectivity index (χ1n) is 5.07. The Morgan fingerprint density at radius 1 is 1.24 bits per heavy atom. The topological polar surface area (TPSA) is 50.7 Å². The third-order valence-electron chi connectivity index (χ3n) is 2.52. The summed E-state index contributed by atoms with van der Waals surface area (Å²) in [5, 5.41) is 0.584. The molecule has 2 aromatic heterocycles. The third kappa shape index (κ3) is 1.62. The van der Waals surface area contributed by atoms with E-state index in [2.05, 4.69) is 9.97 Å². The van der Waals surface area contributed by atoms with Crippen molar-refractivity contribution in [2.75, 3.05) is 0 Å². The van der Waals surface area contributed by atoms with Crippen LogP contribution in [0.15, 0.2) is 47.4 Å². The Morgan fingerprint density at radius 2 is 2.12 bits per heavy atom. The molecule has 0 radical (unpaired) electrons. The molecule has 5 heteroatoms. The highest BCUT2D eigenvalue weighted by Crippen LogP contribution is 2.18. The van der Waals surface area contributed by atoms with Crippen LogP contribution in [-0.2, 0) is 0 Å². The summed E-state index contributed by atoms with van der Waals surface area (Å²) in [6, 6.07) is 10.7. The molecule has 17 heavy (non-hydrogen) atoms. The van der Waals surface area contributed by atoms with Gasteiger partial charge in [0.1, 0.15) is 5.82 Å². The van der Waals surface area contributed by atoms with Crippen molar-refractivity contribution < 1.29 is 0 Å². The number of imidazole rings is 1. The molecule has 0 amide bonds. The van der Waals surface area contributed by atoms with Gasteiger partial charge < -0.3 is 4.98 Å². The van der Waals surface area contributed by atoms with Crippen LogP contribution < -0.4 is 5.69 Å². The van der Waals surface area contributed by atoms with Crippen LogP contribution in [0, 0.1) is 0 Å². The van der Waals surface area contributed by atoms with Gasteiger partial charge in [0, 0.05) is 11.2 Å². The van der Waals surface area contributed by atoms with Crippen molar-refractivity contribution in [3.63, 3.8) is 0 Å². The van der Waals surface area contributed by atoms with Crippen LogP contribution in [-0.4, -0.2) is 14.5 Å². The van der Waals surface area contributed by atoms with Crippen molar-refractivity contribution in [1.29, 1.82) is 0 Å². The van der Waals surface area contributed by atoms with Gasteiger partial charge in [-0.2, -0.15) is 0 Å². The molecule has 0 unspecified atom stereocenters. The van der Waals surface area contributed by atoms with E-state index in [-0.39, 0.29) is 5.69 Å². The second kappa shape index (κ2) is 3.75. The van der Waals surface area contributed by atoms with Crippen LogP contribution >= 0.6 is 11.6 Å². The molecule has 1 N–H and O–H groups in total. The molecular weight excluding hydrogens is 238 g/mol. The molecular formula is C12H8ClN3O. The van der Waals surface area contributed by atoms with E-state index in [0.717, 1.165) is 11.0 Å². The SMILES string of the molecule is O=c1[nH]c2ccc(Cl)cc2n1-c1ccccn1. The largest absolute Gasteiger partial charge is 0.332 e. The second-order valence-corrected chi connectivity index (χ2v) is 4.05. The van der Waals surface area contributed by atoms with Gasteiger partial charge in [-0.25, -0.2) is 14.3 Å². The van der Waals surface area contributed by atoms with E-state index in [9.17, 15) is 4.79 Å². The molecule has 3 aromatic rings. The molecule has 0 spiro atoms. The van der Waals surface area contributed by atoms with Crippen molar-refractivity contribution >= 4 is 22.6 Å². The Morgan fingerprint density at radius 3 is 2.88 bits per heavy atom. The molecule has 0 saturated carbocycles. The highest BCUT2D eigenvalue weighted by atomic mass is 35.5. The summed E-state index contributed by atoms with van der Waals surface area (Å²) in [7, 11) is 0. The van der Waals surface area contributed by atoms with E-state index in [0.29, 0.717) is 10.8 Å². The predicted octanol–water partition coefficient (Wildman–Crippen LogP) is 2.37. The number of hydrogen-bond donors (Lipinski definition) is 1. The number of hydrogen-bond acceptors (Lipinski definition) is 2. The fraction of sp³-hybridized carbons (Fsp3) is 0. The van der Waals surface area contributed by atoms with Crippen molar-refractivity contribution in [3.05, 3.63) is 58.1 Å². The lowest BCUT2D eigenvalue weighted by atomic mass is 10.3. The molecule has 0 saturated heterocycles. The van der Waals surface area contributed by atoms with Crippen molar-refractivity contribution in [2.24, 2.45) is 0 Å². The summed E-state index contributed by atoms with van der Waals surface area (Å²) in [5.74, 6) is 0.575. The van der Waals surface area contributed by atoms with Gasteiger partial charge in [-0.15, -0.1) is 0 Å². The van der Waals surface area contributed by atoms with Gasteiger partial charge >= 0.3 is 5.69 Å². The minimum absolute atomic E-state index is 0.221. The van der Waals surface area contributed by atoms with Crippen molar-refractivity contribution in [2.45, 2.75) is 0 Å². The van der Waals surface area contributed by atoms with Crippen LogP contribution in [0.2, 0.25) is 5.02 Å². The zero-order valence-electron chi connectivity index (χ0n) is 8.72. The number of aromatic nitrogens is 3. The Bertz CT molecular complexity index is 730. The normalized spacial score (nSPS) is 10.9. The Kier molecular flexibility index (Phi) is 2.23. The van der Waals surface area contributed by atoms with Gasteiger partial charge in [0.05, 0.1) is 11.0 Å². The fourth-order valence-electron chi connectivity index (χ4n) is 1.79. The number of fused-ring (bicyclic) bond motifs is 1. The van der Waals surface area contributed by atoms with E-state index in [1.165, 1.54) is 4.57 Å². The first-order valence-corrected chi connectivity index (χ1v) is 5.45. The van der Waals surface area contributed by atoms with Crippen molar-refractivity contribution in [3.8, 4) is 5.82 Å². The Balaban J connectivity index is 2.40. The number of aromatic amines is 1. The molecule has 0 bridgehead atoms. The second-order valence-electron chi connectivity index (χ2n) is 3.61. The quantitative estimate of drug-likeness (QED) is 0.716. The predicted molar refractivity (Wildman–Crippen MR) is 66.7 cm³/mol. The van der Waals surface area contributed by atoms with E-state index in [4.69, 9.17) is 11.6 Å². The van der Waals surface area contributed by atoms with Crippen molar-refractivity contribution in [1.82, 2.24) is 14.5 Å². The van der Waals surface area contributed by atoms with Crippen LogP contribution in [0.5, 0.6) is 0 Å². The van der Waals surface area contributed by atoms with Gasteiger partial charge in [0.2, 0.25) is 0 Å². The van der Waals surface area contributed by atoms with Gasteiger partial charge in [-0.3, -0.25) is 0 Å². The number of halogens is 1. The first kappa shape index (κ1) is 10.1. The van der Waals surface area contributed by atoms with Gasteiger partial charge in [0.25, 0.3) is 0 Å². The summed E-state index contributed by atoms with van der Waals surface area (Å²) < 4.78 is 1.50. The molecule has 2 heterocycles. The molecule has 0 fully saturated rings. The number of pyridine rings is 1. The number of benzene rings is 1. The molecule has 0 aliphatic heterocycles. The Hall–Kier alpha value is -2.07. The number of nitrogens with zero attached hydrogens (tertiary/aromatic N) is 2. The standard InChI is InChI=1S/C12H8ClN3O/c13-8-4-5-9-10(7-8)16(12(17)15-9)11-3-1-2-6-14-11/h1-7H,(H,15,17). The highest BCUT2D eigenvalue weighted by molar-refractivity contribution is 6.31. The first-order chi connectivity index (χ1) is 8.25. The minimum atomic E-state index is -0.221. The van der Waals surface area contributed by atoms with Gasteiger partial charge in [-0.05, 0) is 30.3 Å². The summed E-state index contributed by atoms with van der Waals surface area (Å²) in [6.07, 6.45) is 1.64. The van der Waals surface area contributed by atoms with E-state index in [1.54, 1.807) is 36.5 Å². The lowest BCUT2D eigenvalue weighted by Crippen LogP contribution is -2.15. The summed E-state index contributed by atoms with van der Waals surface area (Å²) >= 11 is 5.94. The number of nitrogens with one attached hydrogen (secondary N) is 1. The molecule has 0 aliphatic rings. The van der Waals surface area contributed by atoms with Crippen LogP contribution in [0.4, 0.5) is 0 Å². The van der Waals surface area contributed by atoms with E-state index < -0.39 is 0 Å². The maximum absolute atomic E-state index is 11.9.